The highest BCUT2D eigenvalue weighted by atomic mass is 19.3. The summed E-state index contributed by atoms with van der Waals surface area (Å²) in [5.74, 6) is -0.437. The summed E-state index contributed by atoms with van der Waals surface area (Å²) in [4.78, 5) is 0. The molecule has 0 bridgehead atoms. The minimum absolute atomic E-state index is 0.240. The van der Waals surface area contributed by atoms with E-state index in [-0.39, 0.29) is 6.54 Å². The van der Waals surface area contributed by atoms with E-state index in [0.29, 0.717) is 11.1 Å². The molecule has 0 fully saturated rings. The number of anilines is 1. The Morgan fingerprint density at radius 2 is 1.80 bits per heavy atom. The lowest BCUT2D eigenvalue weighted by Gasteiger charge is -2.25. The second-order valence-corrected chi connectivity index (χ2v) is 5.25. The van der Waals surface area contributed by atoms with Gasteiger partial charge in [0.05, 0.1) is 29.4 Å². The third kappa shape index (κ3) is 3.55. The number of hydrogen-bond acceptors (Lipinski definition) is 5. The van der Waals surface area contributed by atoms with Gasteiger partial charge in [0.2, 0.25) is 0 Å². The van der Waals surface area contributed by atoms with Crippen molar-refractivity contribution in [3.05, 3.63) is 71.8 Å². The topological polar surface area (TPSA) is 78.0 Å². The van der Waals surface area contributed by atoms with Crippen LogP contribution in [-0.4, -0.2) is 20.0 Å². The molecule has 3 aromatic rings. The molecule has 1 heterocycles. The van der Waals surface area contributed by atoms with Crippen LogP contribution in [0.15, 0.2) is 55.1 Å². The molecule has 0 spiro atoms. The van der Waals surface area contributed by atoms with Crippen LogP contribution in [0.1, 0.15) is 23.1 Å². The van der Waals surface area contributed by atoms with Crippen molar-refractivity contribution in [3.8, 4) is 11.8 Å². The molecule has 0 atom stereocenters. The summed E-state index contributed by atoms with van der Waals surface area (Å²) in [7, 11) is 0. The van der Waals surface area contributed by atoms with Gasteiger partial charge in [-0.2, -0.15) is 5.26 Å². The van der Waals surface area contributed by atoms with Crippen LogP contribution in [0.25, 0.3) is 0 Å². The summed E-state index contributed by atoms with van der Waals surface area (Å²) in [5, 5.41) is 27.7. The number of nitriles is 1. The monoisotopic (exact) mass is 341 g/mol. The molecule has 6 nitrogen and oxygen atoms in total. The fourth-order valence-electron chi connectivity index (χ4n) is 2.38. The summed E-state index contributed by atoms with van der Waals surface area (Å²) in [6, 6.07) is 12.9. The van der Waals surface area contributed by atoms with Gasteiger partial charge in [0.15, 0.2) is 0 Å². The first-order valence-electron chi connectivity index (χ1n) is 7.31. The van der Waals surface area contributed by atoms with Crippen molar-refractivity contribution in [1.29, 1.82) is 5.26 Å². The lowest BCUT2D eigenvalue weighted by atomic mass is 10.1. The molecule has 1 aromatic heterocycles. The highest BCUT2D eigenvalue weighted by Crippen LogP contribution is 2.30. The Kier molecular flexibility index (Phi) is 4.57. The zero-order valence-electron chi connectivity index (χ0n) is 12.9. The molecule has 25 heavy (non-hydrogen) atoms. The molecule has 0 saturated carbocycles. The second-order valence-electron chi connectivity index (χ2n) is 5.25. The number of phenolic OH excluding ortho intramolecular Hbond substituents is 1. The molecule has 0 aliphatic carbocycles. The van der Waals surface area contributed by atoms with Gasteiger partial charge in [0, 0.05) is 0 Å². The number of hydrogen-bond donors (Lipinski definition) is 1. The van der Waals surface area contributed by atoms with Gasteiger partial charge in [-0.3, -0.25) is 5.01 Å². The van der Waals surface area contributed by atoms with Crippen LogP contribution in [0.5, 0.6) is 5.75 Å². The van der Waals surface area contributed by atoms with E-state index in [1.54, 1.807) is 40.0 Å². The molecule has 2 aromatic carbocycles. The summed E-state index contributed by atoms with van der Waals surface area (Å²) in [6.45, 7) is 0.240. The summed E-state index contributed by atoms with van der Waals surface area (Å²) >= 11 is 0. The number of benzene rings is 2. The molecule has 0 radical (unpaired) electrons. The third-order valence-electron chi connectivity index (χ3n) is 3.64. The van der Waals surface area contributed by atoms with Crippen molar-refractivity contribution in [2.24, 2.45) is 0 Å². The number of nitrogens with zero attached hydrogens (tertiary/aromatic N) is 5. The first-order chi connectivity index (χ1) is 12.1. The smallest absolute Gasteiger partial charge is 0.267 e. The van der Waals surface area contributed by atoms with E-state index in [1.165, 1.54) is 24.8 Å². The number of halogens is 2. The van der Waals surface area contributed by atoms with Crippen LogP contribution in [0.3, 0.4) is 0 Å². The van der Waals surface area contributed by atoms with E-state index in [2.05, 4.69) is 10.2 Å². The zero-order valence-corrected chi connectivity index (χ0v) is 12.9. The van der Waals surface area contributed by atoms with Crippen molar-refractivity contribution in [2.75, 3.05) is 5.01 Å². The number of phenols is 1. The third-order valence-corrected chi connectivity index (χ3v) is 3.64. The number of aromatic nitrogens is 3. The Morgan fingerprint density at radius 1 is 1.12 bits per heavy atom. The maximum Gasteiger partial charge on any atom is 0.267 e. The average molecular weight is 341 g/mol. The Morgan fingerprint density at radius 3 is 2.40 bits per heavy atom. The molecule has 1 N–H and O–H groups in total. The van der Waals surface area contributed by atoms with Gasteiger partial charge >= 0.3 is 0 Å². The maximum atomic E-state index is 13.0. The lowest BCUT2D eigenvalue weighted by Crippen LogP contribution is -2.27. The molecule has 3 rings (SSSR count). The Bertz CT molecular complexity index is 888. The molecular formula is C17H13F2N5O. The number of aromatic hydroxyl groups is 1. The Hall–Kier alpha value is -3.47. The van der Waals surface area contributed by atoms with E-state index in [1.807, 2.05) is 6.07 Å². The van der Waals surface area contributed by atoms with Gasteiger partial charge in [-0.05, 0) is 42.0 Å². The van der Waals surface area contributed by atoms with Gasteiger partial charge in [0.25, 0.3) is 6.43 Å². The number of rotatable bonds is 5. The maximum absolute atomic E-state index is 13.0. The van der Waals surface area contributed by atoms with Gasteiger partial charge in [0.1, 0.15) is 18.4 Å². The van der Waals surface area contributed by atoms with E-state index in [9.17, 15) is 13.9 Å². The van der Waals surface area contributed by atoms with Gasteiger partial charge in [-0.1, -0.05) is 6.07 Å². The first kappa shape index (κ1) is 16.4. The molecule has 0 aliphatic rings. The first-order valence-corrected chi connectivity index (χ1v) is 7.31. The second kappa shape index (κ2) is 6.97. The van der Waals surface area contributed by atoms with Crippen molar-refractivity contribution >= 4 is 5.69 Å². The van der Waals surface area contributed by atoms with Crippen LogP contribution in [0.4, 0.5) is 14.5 Å². The molecule has 0 amide bonds. The molecular weight excluding hydrogens is 328 g/mol. The fraction of sp³-hybridized carbons (Fsp3) is 0.118. The molecule has 0 saturated heterocycles. The fourth-order valence-corrected chi connectivity index (χ4v) is 2.38. The van der Waals surface area contributed by atoms with E-state index in [0.717, 1.165) is 5.69 Å². The Labute approximate surface area is 142 Å². The van der Waals surface area contributed by atoms with Gasteiger partial charge < -0.3 is 5.11 Å². The summed E-state index contributed by atoms with van der Waals surface area (Å²) < 4.78 is 27.6. The van der Waals surface area contributed by atoms with Crippen LogP contribution in [0.2, 0.25) is 0 Å². The lowest BCUT2D eigenvalue weighted by molar-refractivity contribution is 0.147. The predicted molar refractivity (Wildman–Crippen MR) is 85.8 cm³/mol. The van der Waals surface area contributed by atoms with E-state index in [4.69, 9.17) is 5.26 Å². The summed E-state index contributed by atoms with van der Waals surface area (Å²) in [5.41, 5.74) is 1.40. The quantitative estimate of drug-likeness (QED) is 0.771. The van der Waals surface area contributed by atoms with Crippen molar-refractivity contribution in [3.63, 3.8) is 0 Å². The minimum atomic E-state index is -2.77. The number of alkyl halides is 2. The van der Waals surface area contributed by atoms with Crippen LogP contribution < -0.4 is 5.01 Å². The molecule has 0 unspecified atom stereocenters. The van der Waals surface area contributed by atoms with Gasteiger partial charge in [-0.25, -0.2) is 13.5 Å². The molecule has 8 heteroatoms. The van der Waals surface area contributed by atoms with Gasteiger partial charge in [-0.15, -0.1) is 10.2 Å². The Balaban J connectivity index is 1.96. The average Bonchev–Trinajstić information content (AvgIpc) is 3.15. The van der Waals surface area contributed by atoms with Crippen LogP contribution in [-0.2, 0) is 6.54 Å². The van der Waals surface area contributed by atoms with Crippen LogP contribution in [0, 0.1) is 11.3 Å². The SMILES string of the molecule is N#Cc1ccc(N(Cc2ccc(O)c(C(F)F)c2)n2cnnc2)cc1. The highest BCUT2D eigenvalue weighted by molar-refractivity contribution is 5.50. The van der Waals surface area contributed by atoms with E-state index >= 15 is 0 Å². The van der Waals surface area contributed by atoms with E-state index < -0.39 is 17.7 Å². The molecule has 0 aliphatic heterocycles. The van der Waals surface area contributed by atoms with Crippen molar-refractivity contribution in [2.45, 2.75) is 13.0 Å². The zero-order chi connectivity index (χ0) is 17.8. The highest BCUT2D eigenvalue weighted by Gasteiger charge is 2.16. The molecule has 126 valence electrons. The predicted octanol–water partition coefficient (Wildman–Crippen LogP) is 3.26. The normalized spacial score (nSPS) is 10.6. The standard InChI is InChI=1S/C17H13F2N5O/c18-17(19)15-7-13(3-6-16(15)25)9-24(23-10-21-22-11-23)14-4-1-12(8-20)2-5-14/h1-7,10-11,17,25H,9H2. The van der Waals surface area contributed by atoms with Crippen molar-refractivity contribution < 1.29 is 13.9 Å². The van der Waals surface area contributed by atoms with Crippen molar-refractivity contribution in [1.82, 2.24) is 14.9 Å². The summed E-state index contributed by atoms with van der Waals surface area (Å²) in [6.07, 6.45) is 0.192. The largest absolute Gasteiger partial charge is 0.507 e. The minimum Gasteiger partial charge on any atom is -0.507 e. The van der Waals surface area contributed by atoms with Crippen LogP contribution >= 0.6 is 0 Å².